The quantitative estimate of drug-likeness (QED) is 0.837. The van der Waals surface area contributed by atoms with Crippen LogP contribution in [0.2, 0.25) is 0 Å². The summed E-state index contributed by atoms with van der Waals surface area (Å²) < 4.78 is 2.15. The maximum atomic E-state index is 9.93. The van der Waals surface area contributed by atoms with Crippen molar-refractivity contribution in [1.82, 2.24) is 4.57 Å². The molecule has 0 saturated heterocycles. The highest BCUT2D eigenvalue weighted by Crippen LogP contribution is 2.21. The number of nitrogens with zero attached hydrogens (tertiary/aromatic N) is 1. The van der Waals surface area contributed by atoms with Gasteiger partial charge in [0.05, 0.1) is 12.6 Å². The summed E-state index contributed by atoms with van der Waals surface area (Å²) in [5.74, 6) is 0. The molecular weight excluding hydrogens is 242 g/mol. The number of thiophene rings is 1. The number of aromatic nitrogens is 1. The topological polar surface area (TPSA) is 25.2 Å². The minimum Gasteiger partial charge on any atom is -0.388 e. The van der Waals surface area contributed by atoms with Crippen molar-refractivity contribution >= 4 is 11.3 Å². The Labute approximate surface area is 113 Å². The molecule has 2 aromatic heterocycles. The number of aliphatic hydroxyl groups excluding tert-OH is 1. The summed E-state index contributed by atoms with van der Waals surface area (Å²) >= 11 is 1.87. The van der Waals surface area contributed by atoms with Crippen molar-refractivity contribution in [3.8, 4) is 0 Å². The van der Waals surface area contributed by atoms with Crippen LogP contribution >= 0.6 is 11.3 Å². The van der Waals surface area contributed by atoms with Crippen LogP contribution in [0.15, 0.2) is 30.6 Å². The van der Waals surface area contributed by atoms with E-state index in [9.17, 15) is 5.11 Å². The second-order valence-electron chi connectivity index (χ2n) is 4.64. The van der Waals surface area contributed by atoms with Gasteiger partial charge in [0.2, 0.25) is 0 Å². The van der Waals surface area contributed by atoms with Gasteiger partial charge >= 0.3 is 0 Å². The Hall–Kier alpha value is -1.06. The number of hydrogen-bond donors (Lipinski definition) is 1. The first-order chi connectivity index (χ1) is 8.72. The molecule has 1 N–H and O–H groups in total. The fourth-order valence-corrected chi connectivity index (χ4v) is 3.04. The Bertz CT molecular complexity index is 486. The van der Waals surface area contributed by atoms with E-state index < -0.39 is 0 Å². The third kappa shape index (κ3) is 3.24. The molecule has 0 radical (unpaired) electrons. The van der Waals surface area contributed by atoms with Crippen molar-refractivity contribution in [3.63, 3.8) is 0 Å². The predicted octanol–water partition coefficient (Wildman–Crippen LogP) is 3.99. The second-order valence-corrected chi connectivity index (χ2v) is 5.90. The first kappa shape index (κ1) is 13.4. The zero-order chi connectivity index (χ0) is 13.0. The molecule has 0 bridgehead atoms. The predicted molar refractivity (Wildman–Crippen MR) is 77.1 cm³/mol. The molecule has 0 fully saturated rings. The molecule has 3 heteroatoms. The van der Waals surface area contributed by atoms with Crippen LogP contribution in [-0.4, -0.2) is 9.67 Å². The van der Waals surface area contributed by atoms with Crippen molar-refractivity contribution in [2.24, 2.45) is 0 Å². The van der Waals surface area contributed by atoms with Gasteiger partial charge in [-0.1, -0.05) is 20.3 Å². The number of aryl methyl sites for hydroxylation is 1. The van der Waals surface area contributed by atoms with Crippen LogP contribution in [0.25, 0.3) is 0 Å². The Morgan fingerprint density at radius 2 is 2.00 bits per heavy atom. The zero-order valence-electron chi connectivity index (χ0n) is 11.1. The van der Waals surface area contributed by atoms with E-state index in [2.05, 4.69) is 42.9 Å². The van der Waals surface area contributed by atoms with Crippen molar-refractivity contribution in [2.75, 3.05) is 0 Å². The molecule has 18 heavy (non-hydrogen) atoms. The standard InChI is InChI=1S/C15H21NOS/c1-3-5-15(17)12-8-9-16(10-12)11-14-7-6-13(4-2)18-14/h6-10,15,17H,3-5,11H2,1-2H3. The number of rotatable bonds is 6. The zero-order valence-corrected chi connectivity index (χ0v) is 11.9. The first-order valence-electron chi connectivity index (χ1n) is 6.64. The van der Waals surface area contributed by atoms with E-state index in [0.717, 1.165) is 31.4 Å². The van der Waals surface area contributed by atoms with Crippen LogP contribution in [0, 0.1) is 0 Å². The molecule has 2 heterocycles. The number of aliphatic hydroxyl groups is 1. The Kier molecular flexibility index (Phi) is 4.61. The summed E-state index contributed by atoms with van der Waals surface area (Å²) in [7, 11) is 0. The molecule has 0 aliphatic heterocycles. The van der Waals surface area contributed by atoms with Crippen molar-refractivity contribution < 1.29 is 5.11 Å². The third-order valence-electron chi connectivity index (χ3n) is 3.12. The summed E-state index contributed by atoms with van der Waals surface area (Å²) in [6, 6.07) is 6.43. The minimum absolute atomic E-state index is 0.314. The molecule has 1 atom stereocenters. The lowest BCUT2D eigenvalue weighted by Crippen LogP contribution is -1.96. The number of hydrogen-bond acceptors (Lipinski definition) is 2. The average molecular weight is 263 g/mol. The van der Waals surface area contributed by atoms with Crippen molar-refractivity contribution in [1.29, 1.82) is 0 Å². The van der Waals surface area contributed by atoms with Crippen LogP contribution in [0.3, 0.4) is 0 Å². The highest BCUT2D eigenvalue weighted by atomic mass is 32.1. The molecule has 0 aromatic carbocycles. The summed E-state index contributed by atoms with van der Waals surface area (Å²) in [5, 5.41) is 9.93. The molecule has 0 aliphatic carbocycles. The van der Waals surface area contributed by atoms with E-state index in [1.807, 2.05) is 17.4 Å². The summed E-state index contributed by atoms with van der Waals surface area (Å²) in [5.41, 5.74) is 1.03. The van der Waals surface area contributed by atoms with E-state index in [0.29, 0.717) is 0 Å². The van der Waals surface area contributed by atoms with Gasteiger partial charge in [-0.15, -0.1) is 11.3 Å². The van der Waals surface area contributed by atoms with Gasteiger partial charge in [0.25, 0.3) is 0 Å². The van der Waals surface area contributed by atoms with Crippen molar-refractivity contribution in [2.45, 2.75) is 45.8 Å². The van der Waals surface area contributed by atoms with E-state index >= 15 is 0 Å². The average Bonchev–Trinajstić information content (AvgIpc) is 2.99. The lowest BCUT2D eigenvalue weighted by Gasteiger charge is -2.06. The lowest BCUT2D eigenvalue weighted by atomic mass is 10.1. The lowest BCUT2D eigenvalue weighted by molar-refractivity contribution is 0.166. The van der Waals surface area contributed by atoms with E-state index in [1.165, 1.54) is 9.75 Å². The fraction of sp³-hybridized carbons (Fsp3) is 0.467. The van der Waals surface area contributed by atoms with Gasteiger partial charge in [-0.25, -0.2) is 0 Å². The van der Waals surface area contributed by atoms with E-state index in [1.54, 1.807) is 0 Å². The van der Waals surface area contributed by atoms with Gasteiger partial charge in [-0.2, -0.15) is 0 Å². The molecule has 1 unspecified atom stereocenters. The van der Waals surface area contributed by atoms with Gasteiger partial charge < -0.3 is 9.67 Å². The molecule has 2 aromatic rings. The Balaban J connectivity index is 2.01. The highest BCUT2D eigenvalue weighted by Gasteiger charge is 2.08. The molecule has 0 aliphatic rings. The minimum atomic E-state index is -0.314. The van der Waals surface area contributed by atoms with Crippen LogP contribution in [0.4, 0.5) is 0 Å². The molecule has 0 saturated carbocycles. The smallest absolute Gasteiger partial charge is 0.0804 e. The van der Waals surface area contributed by atoms with Gasteiger partial charge in [0.15, 0.2) is 0 Å². The molecule has 2 nitrogen and oxygen atoms in total. The monoisotopic (exact) mass is 263 g/mol. The van der Waals surface area contributed by atoms with Gasteiger partial charge in [-0.05, 0) is 36.6 Å². The summed E-state index contributed by atoms with van der Waals surface area (Å²) in [4.78, 5) is 2.81. The fourth-order valence-electron chi connectivity index (χ4n) is 2.07. The van der Waals surface area contributed by atoms with Crippen LogP contribution < -0.4 is 0 Å². The maximum Gasteiger partial charge on any atom is 0.0804 e. The van der Waals surface area contributed by atoms with Crippen LogP contribution in [0.1, 0.15) is 48.1 Å². The van der Waals surface area contributed by atoms with E-state index in [4.69, 9.17) is 0 Å². The molecule has 2 rings (SSSR count). The largest absolute Gasteiger partial charge is 0.388 e. The molecular formula is C15H21NOS. The van der Waals surface area contributed by atoms with Gasteiger partial charge in [0, 0.05) is 22.1 Å². The normalized spacial score (nSPS) is 12.8. The van der Waals surface area contributed by atoms with Gasteiger partial charge in [-0.3, -0.25) is 0 Å². The highest BCUT2D eigenvalue weighted by molar-refractivity contribution is 7.11. The Morgan fingerprint density at radius 3 is 2.67 bits per heavy atom. The SMILES string of the molecule is CCCC(O)c1ccn(Cc2ccc(CC)s2)c1. The van der Waals surface area contributed by atoms with Gasteiger partial charge in [0.1, 0.15) is 0 Å². The third-order valence-corrected chi connectivity index (χ3v) is 4.34. The van der Waals surface area contributed by atoms with Crippen LogP contribution in [0.5, 0.6) is 0 Å². The Morgan fingerprint density at radius 1 is 1.22 bits per heavy atom. The summed E-state index contributed by atoms with van der Waals surface area (Å²) in [6.45, 7) is 5.19. The first-order valence-corrected chi connectivity index (χ1v) is 7.46. The second kappa shape index (κ2) is 6.21. The molecule has 0 spiro atoms. The molecule has 98 valence electrons. The van der Waals surface area contributed by atoms with Crippen molar-refractivity contribution in [3.05, 3.63) is 45.9 Å². The summed E-state index contributed by atoms with van der Waals surface area (Å²) in [6.07, 6.45) is 6.76. The molecule has 0 amide bonds. The van der Waals surface area contributed by atoms with E-state index in [-0.39, 0.29) is 6.10 Å². The van der Waals surface area contributed by atoms with Crippen LogP contribution in [-0.2, 0) is 13.0 Å². The maximum absolute atomic E-state index is 9.93.